The number of methoxy groups -OCH3 is 1. The number of aliphatic hydroxyl groups excluding tert-OH is 1. The summed E-state index contributed by atoms with van der Waals surface area (Å²) in [4.78, 5) is 28.7. The van der Waals surface area contributed by atoms with Gasteiger partial charge < -0.3 is 30.5 Å². The molecule has 3 amide bonds. The second-order valence-corrected chi connectivity index (χ2v) is 7.30. The molecule has 0 aliphatic carbocycles. The van der Waals surface area contributed by atoms with Crippen LogP contribution in [0.25, 0.3) is 0 Å². The average molecular weight is 428 g/mol. The lowest BCUT2D eigenvalue weighted by atomic mass is 9.97. The molecule has 3 rings (SSSR count). The van der Waals surface area contributed by atoms with E-state index in [-0.39, 0.29) is 31.1 Å². The second kappa shape index (κ2) is 11.3. The van der Waals surface area contributed by atoms with Crippen molar-refractivity contribution in [1.29, 1.82) is 0 Å². The predicted octanol–water partition coefficient (Wildman–Crippen LogP) is 1.83. The molecule has 2 aromatic rings. The van der Waals surface area contributed by atoms with Gasteiger partial charge in [0.1, 0.15) is 11.9 Å². The lowest BCUT2D eigenvalue weighted by molar-refractivity contribution is -0.130. The summed E-state index contributed by atoms with van der Waals surface area (Å²) in [5.41, 5.74) is 1.37. The van der Waals surface area contributed by atoms with Gasteiger partial charge in [0.2, 0.25) is 5.91 Å². The van der Waals surface area contributed by atoms with Crippen LogP contribution < -0.4 is 20.7 Å². The highest BCUT2D eigenvalue weighted by atomic mass is 16.5. The van der Waals surface area contributed by atoms with E-state index in [0.29, 0.717) is 30.8 Å². The first-order valence-corrected chi connectivity index (χ1v) is 10.2. The number of carbonyl (C=O) groups excluding carboxylic acids is 2. The molecule has 4 N–H and O–H groups in total. The van der Waals surface area contributed by atoms with Crippen molar-refractivity contribution in [1.82, 2.24) is 15.6 Å². The molecule has 0 unspecified atom stereocenters. The van der Waals surface area contributed by atoms with E-state index in [1.165, 1.54) is 0 Å². The highest BCUT2D eigenvalue weighted by Crippen LogP contribution is 2.22. The predicted molar refractivity (Wildman–Crippen MR) is 115 cm³/mol. The molecule has 2 heterocycles. The smallest absolute Gasteiger partial charge is 0.319 e. The molecule has 1 aromatic carbocycles. The van der Waals surface area contributed by atoms with Crippen molar-refractivity contribution in [2.75, 3.05) is 19.0 Å². The largest absolute Gasteiger partial charge is 0.497 e. The Morgan fingerprint density at radius 3 is 2.84 bits per heavy atom. The molecular formula is C22H28N4O5. The molecule has 166 valence electrons. The number of rotatable bonds is 8. The maximum absolute atomic E-state index is 12.4. The van der Waals surface area contributed by atoms with E-state index in [1.54, 1.807) is 37.6 Å². The van der Waals surface area contributed by atoms with Crippen molar-refractivity contribution in [2.24, 2.45) is 0 Å². The molecule has 0 saturated carbocycles. The highest BCUT2D eigenvalue weighted by Gasteiger charge is 2.32. The normalized spacial score (nSPS) is 20.5. The van der Waals surface area contributed by atoms with Crippen LogP contribution >= 0.6 is 0 Å². The molecule has 1 aliphatic heterocycles. The Labute approximate surface area is 181 Å². The first-order valence-electron chi connectivity index (χ1n) is 10.2. The van der Waals surface area contributed by atoms with Gasteiger partial charge in [-0.05, 0) is 37.1 Å². The Morgan fingerprint density at radius 1 is 1.23 bits per heavy atom. The van der Waals surface area contributed by atoms with E-state index in [0.717, 1.165) is 5.69 Å². The molecule has 1 fully saturated rings. The molecule has 1 saturated heterocycles. The van der Waals surface area contributed by atoms with Gasteiger partial charge in [0.15, 0.2) is 0 Å². The molecule has 1 aromatic heterocycles. The number of urea groups is 1. The fraction of sp³-hybridized carbons (Fsp3) is 0.409. The zero-order valence-corrected chi connectivity index (χ0v) is 17.4. The summed E-state index contributed by atoms with van der Waals surface area (Å²) in [5.74, 6) is 0.491. The topological polar surface area (TPSA) is 122 Å². The zero-order chi connectivity index (χ0) is 22.1. The van der Waals surface area contributed by atoms with Crippen LogP contribution in [-0.4, -0.2) is 54.0 Å². The van der Waals surface area contributed by atoms with Gasteiger partial charge in [-0.3, -0.25) is 9.78 Å². The summed E-state index contributed by atoms with van der Waals surface area (Å²) in [6.45, 7) is 0.0978. The number of benzene rings is 1. The Hall–Kier alpha value is -3.17. The van der Waals surface area contributed by atoms with Gasteiger partial charge in [-0.2, -0.15) is 0 Å². The molecule has 3 atom stereocenters. The van der Waals surface area contributed by atoms with Crippen molar-refractivity contribution in [3.63, 3.8) is 0 Å². The van der Waals surface area contributed by atoms with Crippen LogP contribution in [0, 0.1) is 0 Å². The molecule has 0 spiro atoms. The summed E-state index contributed by atoms with van der Waals surface area (Å²) in [7, 11) is 1.56. The van der Waals surface area contributed by atoms with Gasteiger partial charge in [-0.1, -0.05) is 12.1 Å². The first kappa shape index (κ1) is 22.5. The molecule has 31 heavy (non-hydrogen) atoms. The minimum absolute atomic E-state index is 0.144. The number of carbonyl (C=O) groups is 2. The quantitative estimate of drug-likeness (QED) is 0.509. The van der Waals surface area contributed by atoms with Crippen LogP contribution in [0.5, 0.6) is 5.75 Å². The van der Waals surface area contributed by atoms with Gasteiger partial charge in [0, 0.05) is 18.0 Å². The molecule has 9 nitrogen and oxygen atoms in total. The Morgan fingerprint density at radius 2 is 2.10 bits per heavy atom. The number of amides is 3. The Balaban J connectivity index is 1.45. The van der Waals surface area contributed by atoms with Crippen LogP contribution in [0.1, 0.15) is 25.0 Å². The second-order valence-electron chi connectivity index (χ2n) is 7.30. The van der Waals surface area contributed by atoms with E-state index < -0.39 is 12.1 Å². The fourth-order valence-electron chi connectivity index (χ4n) is 3.45. The SMILES string of the molecule is COc1cccc(NC(=O)N[C@H]2CC[C@H](CC(=O)NCc3ccccn3)O[C@@H]2CO)c1. The highest BCUT2D eigenvalue weighted by molar-refractivity contribution is 5.89. The van der Waals surface area contributed by atoms with Crippen LogP contribution in [0.2, 0.25) is 0 Å². The van der Waals surface area contributed by atoms with Crippen molar-refractivity contribution in [3.8, 4) is 5.75 Å². The summed E-state index contributed by atoms with van der Waals surface area (Å²) in [5, 5.41) is 18.1. The molecule has 1 aliphatic rings. The van der Waals surface area contributed by atoms with Crippen LogP contribution in [0.3, 0.4) is 0 Å². The van der Waals surface area contributed by atoms with Crippen molar-refractivity contribution in [3.05, 3.63) is 54.4 Å². The number of hydrogen-bond acceptors (Lipinski definition) is 6. The van der Waals surface area contributed by atoms with Crippen LogP contribution in [0.15, 0.2) is 48.7 Å². The van der Waals surface area contributed by atoms with Crippen molar-refractivity contribution < 1.29 is 24.2 Å². The number of aliphatic hydroxyl groups is 1. The van der Waals surface area contributed by atoms with Gasteiger partial charge in [-0.25, -0.2) is 4.79 Å². The monoisotopic (exact) mass is 428 g/mol. The third kappa shape index (κ3) is 6.94. The van der Waals surface area contributed by atoms with Crippen LogP contribution in [-0.2, 0) is 16.1 Å². The minimum Gasteiger partial charge on any atom is -0.497 e. The first-order chi connectivity index (χ1) is 15.1. The maximum Gasteiger partial charge on any atom is 0.319 e. The average Bonchev–Trinajstić information content (AvgIpc) is 2.79. The third-order valence-corrected chi connectivity index (χ3v) is 5.05. The van der Waals surface area contributed by atoms with E-state index >= 15 is 0 Å². The number of nitrogens with zero attached hydrogens (tertiary/aromatic N) is 1. The number of pyridine rings is 1. The molecule has 0 bridgehead atoms. The molecular weight excluding hydrogens is 400 g/mol. The van der Waals surface area contributed by atoms with E-state index in [2.05, 4.69) is 20.9 Å². The summed E-state index contributed by atoms with van der Waals surface area (Å²) in [6, 6.07) is 11.8. The zero-order valence-electron chi connectivity index (χ0n) is 17.4. The number of aromatic nitrogens is 1. The van der Waals surface area contributed by atoms with Crippen molar-refractivity contribution >= 4 is 17.6 Å². The molecule has 0 radical (unpaired) electrons. The Kier molecular flexibility index (Phi) is 8.19. The maximum atomic E-state index is 12.4. The van der Waals surface area contributed by atoms with Gasteiger partial charge in [0.05, 0.1) is 44.5 Å². The standard InChI is InChI=1S/C22H28N4O5/c1-30-17-7-4-6-15(11-17)25-22(29)26-19-9-8-18(31-20(19)14-27)12-21(28)24-13-16-5-2-3-10-23-16/h2-7,10-11,18-20,27H,8-9,12-14H2,1H3,(H,24,28)(H2,25,26,29)/t18-,19+,20-/m1/s1. The third-order valence-electron chi connectivity index (χ3n) is 5.05. The van der Waals surface area contributed by atoms with Gasteiger partial charge in [0.25, 0.3) is 0 Å². The van der Waals surface area contributed by atoms with Gasteiger partial charge >= 0.3 is 6.03 Å². The summed E-state index contributed by atoms with van der Waals surface area (Å²) in [6.07, 6.45) is 2.15. The molecule has 9 heteroatoms. The number of nitrogens with one attached hydrogen (secondary N) is 3. The minimum atomic E-state index is -0.585. The van der Waals surface area contributed by atoms with E-state index in [9.17, 15) is 14.7 Å². The lowest BCUT2D eigenvalue weighted by Crippen LogP contribution is -2.52. The van der Waals surface area contributed by atoms with Crippen molar-refractivity contribution in [2.45, 2.75) is 44.1 Å². The Bertz CT molecular complexity index is 864. The van der Waals surface area contributed by atoms with Crippen LogP contribution in [0.4, 0.5) is 10.5 Å². The number of anilines is 1. The fourth-order valence-corrected chi connectivity index (χ4v) is 3.45. The summed E-state index contributed by atoms with van der Waals surface area (Å²) < 4.78 is 11.0. The number of hydrogen-bond donors (Lipinski definition) is 4. The lowest BCUT2D eigenvalue weighted by Gasteiger charge is -2.35. The number of ether oxygens (including phenoxy) is 2. The van der Waals surface area contributed by atoms with E-state index in [4.69, 9.17) is 9.47 Å². The van der Waals surface area contributed by atoms with Gasteiger partial charge in [-0.15, -0.1) is 0 Å². The summed E-state index contributed by atoms with van der Waals surface area (Å²) >= 11 is 0. The van der Waals surface area contributed by atoms with E-state index in [1.807, 2.05) is 18.2 Å².